The Bertz CT molecular complexity index is 1470. The van der Waals surface area contributed by atoms with Gasteiger partial charge in [0.1, 0.15) is 4.90 Å². The van der Waals surface area contributed by atoms with Crippen molar-refractivity contribution >= 4 is 32.3 Å². The van der Waals surface area contributed by atoms with E-state index in [1.54, 1.807) is 55.8 Å². The second kappa shape index (κ2) is 8.69. The zero-order chi connectivity index (χ0) is 22.7. The largest absolute Gasteiger partial charge is 0.377 e. The summed E-state index contributed by atoms with van der Waals surface area (Å²) in [5.41, 5.74) is 3.72. The number of nitrogens with one attached hydrogen (secondary N) is 1. The molecule has 0 aliphatic heterocycles. The Morgan fingerprint density at radius 2 is 1.69 bits per heavy atom. The molecule has 2 aromatic heterocycles. The number of hydrogen-bond donors (Lipinski definition) is 1. The number of aryl methyl sites for hydroxylation is 1. The molecular formula is C25H22N4O2S. The predicted octanol–water partition coefficient (Wildman–Crippen LogP) is 4.20. The SMILES string of the molecule is Cc1ccc2cccnc2c1S(=O)(=O)Nc1ccccc1C#Cc1cnccc1N(C)C. The van der Waals surface area contributed by atoms with Crippen molar-refractivity contribution in [3.05, 3.63) is 89.9 Å². The molecule has 4 aromatic rings. The van der Waals surface area contributed by atoms with Gasteiger partial charge in [-0.2, -0.15) is 0 Å². The quantitative estimate of drug-likeness (QED) is 0.480. The number of sulfonamides is 1. The van der Waals surface area contributed by atoms with Crippen LogP contribution in [0, 0.1) is 18.8 Å². The summed E-state index contributed by atoms with van der Waals surface area (Å²) < 4.78 is 29.5. The van der Waals surface area contributed by atoms with Crippen LogP contribution in [0.1, 0.15) is 16.7 Å². The van der Waals surface area contributed by atoms with E-state index in [1.165, 1.54) is 0 Å². The number of benzene rings is 2. The lowest BCUT2D eigenvalue weighted by Gasteiger charge is -2.14. The van der Waals surface area contributed by atoms with Crippen molar-refractivity contribution in [2.75, 3.05) is 23.7 Å². The van der Waals surface area contributed by atoms with Gasteiger partial charge in [-0.3, -0.25) is 14.7 Å². The number of para-hydroxylation sites is 1. The fourth-order valence-electron chi connectivity index (χ4n) is 3.44. The molecule has 0 radical (unpaired) electrons. The second-order valence-electron chi connectivity index (χ2n) is 7.48. The number of anilines is 2. The van der Waals surface area contributed by atoms with Gasteiger partial charge in [0.25, 0.3) is 10.0 Å². The van der Waals surface area contributed by atoms with Gasteiger partial charge in [-0.25, -0.2) is 8.42 Å². The molecule has 0 aliphatic rings. The minimum Gasteiger partial charge on any atom is -0.377 e. The normalized spacial score (nSPS) is 11.0. The molecule has 0 spiro atoms. The Labute approximate surface area is 188 Å². The van der Waals surface area contributed by atoms with Crippen molar-refractivity contribution in [2.45, 2.75) is 11.8 Å². The Hall–Kier alpha value is -3.89. The third-order valence-corrected chi connectivity index (χ3v) is 6.52. The monoisotopic (exact) mass is 442 g/mol. The third kappa shape index (κ3) is 4.27. The van der Waals surface area contributed by atoms with Crippen molar-refractivity contribution in [2.24, 2.45) is 0 Å². The van der Waals surface area contributed by atoms with E-state index in [0.29, 0.717) is 22.3 Å². The average molecular weight is 443 g/mol. The molecule has 0 saturated carbocycles. The topological polar surface area (TPSA) is 75.2 Å². The van der Waals surface area contributed by atoms with Crippen LogP contribution in [0.3, 0.4) is 0 Å². The maximum absolute atomic E-state index is 13.4. The van der Waals surface area contributed by atoms with E-state index in [0.717, 1.165) is 16.6 Å². The Balaban J connectivity index is 1.76. The highest BCUT2D eigenvalue weighted by molar-refractivity contribution is 7.93. The maximum atomic E-state index is 13.4. The van der Waals surface area contributed by atoms with E-state index < -0.39 is 10.0 Å². The van der Waals surface area contributed by atoms with Crippen LogP contribution in [0.15, 0.2) is 78.1 Å². The van der Waals surface area contributed by atoms with E-state index in [-0.39, 0.29) is 4.90 Å². The fraction of sp³-hybridized carbons (Fsp3) is 0.120. The molecule has 2 heterocycles. The van der Waals surface area contributed by atoms with Gasteiger partial charge < -0.3 is 4.90 Å². The van der Waals surface area contributed by atoms with Crippen LogP contribution in [0.5, 0.6) is 0 Å². The van der Waals surface area contributed by atoms with Crippen molar-refractivity contribution in [3.8, 4) is 11.8 Å². The molecular weight excluding hydrogens is 420 g/mol. The van der Waals surface area contributed by atoms with Gasteiger partial charge in [-0.15, -0.1) is 0 Å². The highest BCUT2D eigenvalue weighted by Gasteiger charge is 2.22. The molecule has 6 nitrogen and oxygen atoms in total. The third-order valence-electron chi connectivity index (χ3n) is 4.98. The number of rotatable bonds is 4. The highest BCUT2D eigenvalue weighted by atomic mass is 32.2. The molecule has 0 atom stereocenters. The van der Waals surface area contributed by atoms with Crippen LogP contribution in [0.2, 0.25) is 0 Å². The van der Waals surface area contributed by atoms with Gasteiger partial charge in [-0.1, -0.05) is 42.2 Å². The standard InChI is InChI=1S/C25H22N4O2S/c1-18-10-11-20-8-6-15-27-24(20)25(18)32(30,31)28-22-9-5-4-7-19(22)12-13-21-17-26-16-14-23(21)29(2)3/h4-11,14-17,28H,1-3H3. The van der Waals surface area contributed by atoms with E-state index >= 15 is 0 Å². The van der Waals surface area contributed by atoms with E-state index in [2.05, 4.69) is 26.5 Å². The number of fused-ring (bicyclic) bond motifs is 1. The molecule has 0 amide bonds. The van der Waals surface area contributed by atoms with Gasteiger partial charge in [0.2, 0.25) is 0 Å². The first-order valence-electron chi connectivity index (χ1n) is 9.96. The summed E-state index contributed by atoms with van der Waals surface area (Å²) in [6.07, 6.45) is 5.00. The number of aromatic nitrogens is 2. The Morgan fingerprint density at radius 1 is 0.906 bits per heavy atom. The van der Waals surface area contributed by atoms with Crippen molar-refractivity contribution < 1.29 is 8.42 Å². The minimum absolute atomic E-state index is 0.167. The lowest BCUT2D eigenvalue weighted by molar-refractivity contribution is 0.601. The van der Waals surface area contributed by atoms with Crippen LogP contribution >= 0.6 is 0 Å². The predicted molar refractivity (Wildman–Crippen MR) is 128 cm³/mol. The first kappa shape index (κ1) is 21.3. The average Bonchev–Trinajstić information content (AvgIpc) is 2.78. The second-order valence-corrected chi connectivity index (χ2v) is 9.09. The first-order valence-corrected chi connectivity index (χ1v) is 11.4. The summed E-state index contributed by atoms with van der Waals surface area (Å²) >= 11 is 0. The van der Waals surface area contributed by atoms with Crippen LogP contribution in [-0.4, -0.2) is 32.5 Å². The molecule has 32 heavy (non-hydrogen) atoms. The number of hydrogen-bond acceptors (Lipinski definition) is 5. The summed E-state index contributed by atoms with van der Waals surface area (Å²) in [5.74, 6) is 6.21. The van der Waals surface area contributed by atoms with Gasteiger partial charge in [0.15, 0.2) is 0 Å². The van der Waals surface area contributed by atoms with Crippen molar-refractivity contribution in [1.82, 2.24) is 9.97 Å². The number of pyridine rings is 2. The maximum Gasteiger partial charge on any atom is 0.264 e. The molecule has 0 aliphatic carbocycles. The molecule has 1 N–H and O–H groups in total. The molecule has 0 unspecified atom stereocenters. The molecule has 0 saturated heterocycles. The van der Waals surface area contributed by atoms with E-state index in [4.69, 9.17) is 0 Å². The van der Waals surface area contributed by atoms with Gasteiger partial charge in [0.05, 0.1) is 22.5 Å². The Morgan fingerprint density at radius 3 is 2.50 bits per heavy atom. The van der Waals surface area contributed by atoms with E-state index in [1.807, 2.05) is 43.3 Å². The molecule has 7 heteroatoms. The number of nitrogens with zero attached hydrogens (tertiary/aromatic N) is 3. The van der Waals surface area contributed by atoms with Gasteiger partial charge >= 0.3 is 0 Å². The lowest BCUT2D eigenvalue weighted by Crippen LogP contribution is -2.16. The highest BCUT2D eigenvalue weighted by Crippen LogP contribution is 2.27. The van der Waals surface area contributed by atoms with Gasteiger partial charge in [0, 0.05) is 43.6 Å². The van der Waals surface area contributed by atoms with Gasteiger partial charge in [-0.05, 0) is 36.8 Å². The summed E-state index contributed by atoms with van der Waals surface area (Å²) in [5, 5.41) is 0.763. The van der Waals surface area contributed by atoms with Crippen LogP contribution in [0.25, 0.3) is 10.9 Å². The Kier molecular flexibility index (Phi) is 5.80. The van der Waals surface area contributed by atoms with Crippen molar-refractivity contribution in [1.29, 1.82) is 0 Å². The molecule has 2 aromatic carbocycles. The summed E-state index contributed by atoms with van der Waals surface area (Å²) in [6.45, 7) is 1.76. The van der Waals surface area contributed by atoms with Crippen LogP contribution in [-0.2, 0) is 10.0 Å². The lowest BCUT2D eigenvalue weighted by atomic mass is 10.1. The van der Waals surface area contributed by atoms with Crippen molar-refractivity contribution in [3.63, 3.8) is 0 Å². The molecule has 4 rings (SSSR count). The first-order chi connectivity index (χ1) is 15.4. The molecule has 160 valence electrons. The van der Waals surface area contributed by atoms with E-state index in [9.17, 15) is 8.42 Å². The minimum atomic E-state index is -3.90. The molecule has 0 fully saturated rings. The smallest absolute Gasteiger partial charge is 0.264 e. The van der Waals surface area contributed by atoms with Crippen LogP contribution < -0.4 is 9.62 Å². The summed E-state index contributed by atoms with van der Waals surface area (Å²) in [7, 11) is -0.0312. The van der Waals surface area contributed by atoms with Crippen LogP contribution in [0.4, 0.5) is 11.4 Å². The summed E-state index contributed by atoms with van der Waals surface area (Å²) in [6, 6.07) is 16.2. The fourth-order valence-corrected chi connectivity index (χ4v) is 4.93. The molecule has 0 bridgehead atoms. The summed E-state index contributed by atoms with van der Waals surface area (Å²) in [4.78, 5) is 10.6. The zero-order valence-electron chi connectivity index (χ0n) is 18.0. The zero-order valence-corrected chi connectivity index (χ0v) is 18.8.